The maximum Gasteiger partial charge on any atom is 0.254 e. The Morgan fingerprint density at radius 2 is 1.67 bits per heavy atom. The largest absolute Gasteiger partial charge is 0.496 e. The highest BCUT2D eigenvalue weighted by Gasteiger charge is 2.26. The molecule has 0 spiro atoms. The van der Waals surface area contributed by atoms with Crippen LogP contribution in [0.5, 0.6) is 17.2 Å². The standard InChI is InChI=1S/C29H36N2O4.ClH/c1-19-24-10-8-21(16-22(24)9-11-26(19)33-4)20(2)30(3)13-7-14-31-15-12-23-17-27(34-5)28(35-6)18-25(23)29(31)32;/h8-11,16-18,20H,7,12-15H2,1-6H3;1H. The summed E-state index contributed by atoms with van der Waals surface area (Å²) < 4.78 is 16.3. The van der Waals surface area contributed by atoms with Crippen LogP contribution in [0.1, 0.15) is 46.4 Å². The molecule has 1 unspecified atom stereocenters. The molecule has 0 saturated carbocycles. The Bertz CT molecular complexity index is 1230. The van der Waals surface area contributed by atoms with E-state index in [9.17, 15) is 4.79 Å². The molecule has 0 aliphatic carbocycles. The van der Waals surface area contributed by atoms with Crippen molar-refractivity contribution in [2.75, 3.05) is 48.0 Å². The van der Waals surface area contributed by atoms with Crippen LogP contribution in [0.3, 0.4) is 0 Å². The number of halogens is 1. The molecule has 1 amide bonds. The Labute approximate surface area is 220 Å². The molecule has 0 radical (unpaired) electrons. The zero-order valence-electron chi connectivity index (χ0n) is 22.1. The van der Waals surface area contributed by atoms with Crippen molar-refractivity contribution in [1.29, 1.82) is 0 Å². The first kappa shape index (κ1) is 27.6. The molecule has 1 aliphatic heterocycles. The molecule has 1 aliphatic rings. The van der Waals surface area contributed by atoms with Gasteiger partial charge in [-0.15, -0.1) is 12.4 Å². The number of amides is 1. The SMILES string of the molecule is COc1cc2c(cc1OC)C(=O)N(CCCN(C)C(C)c1ccc3c(C)c(OC)ccc3c1)CC2.Cl. The average Bonchev–Trinajstić information content (AvgIpc) is 2.88. The van der Waals surface area contributed by atoms with Crippen molar-refractivity contribution in [3.8, 4) is 17.2 Å². The van der Waals surface area contributed by atoms with E-state index in [1.807, 2.05) is 23.1 Å². The van der Waals surface area contributed by atoms with Crippen LogP contribution >= 0.6 is 12.4 Å². The van der Waals surface area contributed by atoms with Crippen molar-refractivity contribution in [1.82, 2.24) is 9.80 Å². The van der Waals surface area contributed by atoms with E-state index < -0.39 is 0 Å². The first-order valence-corrected chi connectivity index (χ1v) is 12.2. The van der Waals surface area contributed by atoms with Crippen LogP contribution in [-0.4, -0.2) is 63.7 Å². The molecular formula is C29H37ClN2O4. The Kier molecular flexibility index (Phi) is 9.09. The van der Waals surface area contributed by atoms with Gasteiger partial charge >= 0.3 is 0 Å². The second-order valence-electron chi connectivity index (χ2n) is 9.29. The second kappa shape index (κ2) is 11.8. The first-order valence-electron chi connectivity index (χ1n) is 12.2. The number of aryl methyl sites for hydroxylation is 1. The number of fused-ring (bicyclic) bond motifs is 2. The van der Waals surface area contributed by atoms with Crippen LogP contribution in [-0.2, 0) is 6.42 Å². The van der Waals surface area contributed by atoms with Crippen molar-refractivity contribution in [2.45, 2.75) is 32.7 Å². The van der Waals surface area contributed by atoms with Crippen LogP contribution in [0.2, 0.25) is 0 Å². The Balaban J connectivity index is 0.00000361. The molecule has 3 aromatic rings. The highest BCUT2D eigenvalue weighted by molar-refractivity contribution is 5.97. The van der Waals surface area contributed by atoms with Gasteiger partial charge in [0.1, 0.15) is 5.75 Å². The minimum absolute atomic E-state index is 0. The molecule has 7 heteroatoms. The van der Waals surface area contributed by atoms with Crippen LogP contribution in [0.4, 0.5) is 0 Å². The minimum atomic E-state index is 0. The van der Waals surface area contributed by atoms with E-state index in [-0.39, 0.29) is 24.4 Å². The number of carbonyl (C=O) groups is 1. The van der Waals surface area contributed by atoms with Gasteiger partial charge in [0.2, 0.25) is 0 Å². The molecule has 0 bridgehead atoms. The molecule has 0 aromatic heterocycles. The van der Waals surface area contributed by atoms with Gasteiger partial charge in [0.05, 0.1) is 21.3 Å². The maximum absolute atomic E-state index is 13.1. The highest BCUT2D eigenvalue weighted by Crippen LogP contribution is 2.33. The molecule has 4 rings (SSSR count). The predicted octanol–water partition coefficient (Wildman–Crippen LogP) is 5.68. The normalized spacial score (nSPS) is 13.9. The number of hydrogen-bond acceptors (Lipinski definition) is 5. The zero-order valence-corrected chi connectivity index (χ0v) is 22.9. The number of hydrogen-bond donors (Lipinski definition) is 0. The van der Waals surface area contributed by atoms with Crippen molar-refractivity contribution >= 4 is 29.1 Å². The summed E-state index contributed by atoms with van der Waals surface area (Å²) in [4.78, 5) is 17.4. The summed E-state index contributed by atoms with van der Waals surface area (Å²) in [5.74, 6) is 2.26. The van der Waals surface area contributed by atoms with Crippen molar-refractivity contribution in [3.63, 3.8) is 0 Å². The summed E-state index contributed by atoms with van der Waals surface area (Å²) >= 11 is 0. The van der Waals surface area contributed by atoms with Gasteiger partial charge in [-0.1, -0.05) is 18.2 Å². The first-order chi connectivity index (χ1) is 16.9. The number of nitrogens with zero attached hydrogens (tertiary/aromatic N) is 2. The molecule has 1 atom stereocenters. The van der Waals surface area contributed by atoms with E-state index in [1.54, 1.807) is 21.3 Å². The number of carbonyl (C=O) groups excluding carboxylic acids is 1. The summed E-state index contributed by atoms with van der Waals surface area (Å²) in [6, 6.07) is 14.9. The van der Waals surface area contributed by atoms with E-state index >= 15 is 0 Å². The van der Waals surface area contributed by atoms with Crippen molar-refractivity contribution in [3.05, 3.63) is 64.7 Å². The van der Waals surface area contributed by atoms with E-state index in [1.165, 1.54) is 21.9 Å². The van der Waals surface area contributed by atoms with Crippen molar-refractivity contribution in [2.24, 2.45) is 0 Å². The van der Waals surface area contributed by atoms with Gasteiger partial charge in [-0.25, -0.2) is 0 Å². The fraction of sp³-hybridized carbons (Fsp3) is 0.414. The third-order valence-corrected chi connectivity index (χ3v) is 7.34. The topological polar surface area (TPSA) is 51.2 Å². The fourth-order valence-corrected chi connectivity index (χ4v) is 4.99. The van der Waals surface area contributed by atoms with E-state index in [2.05, 4.69) is 50.1 Å². The minimum Gasteiger partial charge on any atom is -0.496 e. The Morgan fingerprint density at radius 3 is 2.36 bits per heavy atom. The van der Waals surface area contributed by atoms with Gasteiger partial charge in [0, 0.05) is 31.2 Å². The second-order valence-corrected chi connectivity index (χ2v) is 9.29. The summed E-state index contributed by atoms with van der Waals surface area (Å²) in [5.41, 5.74) is 4.20. The van der Waals surface area contributed by atoms with Gasteiger partial charge in [-0.05, 0) is 85.5 Å². The monoisotopic (exact) mass is 512 g/mol. The highest BCUT2D eigenvalue weighted by atomic mass is 35.5. The lowest BCUT2D eigenvalue weighted by atomic mass is 9.97. The number of rotatable bonds is 9. The van der Waals surface area contributed by atoms with Gasteiger partial charge in [-0.2, -0.15) is 0 Å². The third kappa shape index (κ3) is 5.40. The van der Waals surface area contributed by atoms with Crippen LogP contribution < -0.4 is 14.2 Å². The van der Waals surface area contributed by atoms with E-state index in [0.29, 0.717) is 11.5 Å². The van der Waals surface area contributed by atoms with Gasteiger partial charge in [0.15, 0.2) is 11.5 Å². The van der Waals surface area contributed by atoms with Crippen LogP contribution in [0.25, 0.3) is 10.8 Å². The molecule has 0 saturated heterocycles. The van der Waals surface area contributed by atoms with Gasteiger partial charge in [0.25, 0.3) is 5.91 Å². The summed E-state index contributed by atoms with van der Waals surface area (Å²) in [5, 5.41) is 2.45. The Hall–Kier alpha value is -2.96. The third-order valence-electron chi connectivity index (χ3n) is 7.34. The van der Waals surface area contributed by atoms with E-state index in [4.69, 9.17) is 14.2 Å². The lowest BCUT2D eigenvalue weighted by molar-refractivity contribution is 0.0730. The molecule has 36 heavy (non-hydrogen) atoms. The molecule has 0 N–H and O–H groups in total. The number of methoxy groups -OCH3 is 3. The fourth-order valence-electron chi connectivity index (χ4n) is 4.99. The zero-order chi connectivity index (χ0) is 25.1. The number of benzene rings is 3. The predicted molar refractivity (Wildman–Crippen MR) is 147 cm³/mol. The molecule has 3 aromatic carbocycles. The molecule has 1 heterocycles. The molecular weight excluding hydrogens is 476 g/mol. The summed E-state index contributed by atoms with van der Waals surface area (Å²) in [6.07, 6.45) is 1.74. The lowest BCUT2D eigenvalue weighted by Crippen LogP contribution is -2.39. The van der Waals surface area contributed by atoms with Crippen LogP contribution in [0, 0.1) is 6.92 Å². The van der Waals surface area contributed by atoms with Gasteiger partial charge in [-0.3, -0.25) is 9.69 Å². The van der Waals surface area contributed by atoms with Gasteiger partial charge < -0.3 is 19.1 Å². The van der Waals surface area contributed by atoms with Crippen molar-refractivity contribution < 1.29 is 19.0 Å². The number of ether oxygens (including phenoxy) is 3. The quantitative estimate of drug-likeness (QED) is 0.369. The Morgan fingerprint density at radius 1 is 0.972 bits per heavy atom. The average molecular weight is 513 g/mol. The van der Waals surface area contributed by atoms with Crippen LogP contribution in [0.15, 0.2) is 42.5 Å². The van der Waals surface area contributed by atoms with E-state index in [0.717, 1.165) is 49.4 Å². The maximum atomic E-state index is 13.1. The smallest absolute Gasteiger partial charge is 0.254 e. The molecule has 6 nitrogen and oxygen atoms in total. The summed E-state index contributed by atoms with van der Waals surface area (Å²) in [6.45, 7) is 6.71. The summed E-state index contributed by atoms with van der Waals surface area (Å²) in [7, 11) is 7.08. The lowest BCUT2D eigenvalue weighted by Gasteiger charge is -2.31. The molecule has 0 fully saturated rings. The molecule has 194 valence electrons.